The average molecular weight is 463 g/mol. The lowest BCUT2D eigenvalue weighted by molar-refractivity contribution is -0.124. The van der Waals surface area contributed by atoms with Gasteiger partial charge in [-0.2, -0.15) is 4.31 Å². The predicted octanol–water partition coefficient (Wildman–Crippen LogP) is 2.26. The number of methoxy groups -OCH3 is 3. The minimum atomic E-state index is -3.74. The lowest BCUT2D eigenvalue weighted by Gasteiger charge is -2.21. The molecule has 1 N–H and O–H groups in total. The fraction of sp³-hybridized carbons (Fsp3) is 0.435. The van der Waals surface area contributed by atoms with Gasteiger partial charge in [-0.25, -0.2) is 8.42 Å². The van der Waals surface area contributed by atoms with Crippen molar-refractivity contribution in [1.29, 1.82) is 0 Å². The molecule has 0 unspecified atom stereocenters. The van der Waals surface area contributed by atoms with E-state index in [0.29, 0.717) is 31.1 Å². The van der Waals surface area contributed by atoms with Crippen molar-refractivity contribution in [1.82, 2.24) is 9.62 Å². The van der Waals surface area contributed by atoms with Gasteiger partial charge in [0.05, 0.1) is 25.0 Å². The third-order valence-corrected chi connectivity index (χ3v) is 7.51. The number of sulfonamides is 1. The number of hydrogen-bond acceptors (Lipinski definition) is 6. The fourth-order valence-corrected chi connectivity index (χ4v) is 5.48. The van der Waals surface area contributed by atoms with Gasteiger partial charge in [0.25, 0.3) is 0 Å². The molecule has 0 bridgehead atoms. The number of ether oxygens (including phenoxy) is 3. The maximum atomic E-state index is 13.3. The van der Waals surface area contributed by atoms with Crippen LogP contribution in [0.15, 0.2) is 53.4 Å². The van der Waals surface area contributed by atoms with Crippen LogP contribution in [0, 0.1) is 5.92 Å². The van der Waals surface area contributed by atoms with E-state index in [4.69, 9.17) is 14.2 Å². The molecule has 8 nitrogen and oxygen atoms in total. The van der Waals surface area contributed by atoms with Gasteiger partial charge in [-0.15, -0.1) is 0 Å². The highest BCUT2D eigenvalue weighted by Crippen LogP contribution is 2.41. The van der Waals surface area contributed by atoms with E-state index in [1.165, 1.54) is 4.31 Å². The van der Waals surface area contributed by atoms with Gasteiger partial charge in [0.1, 0.15) is 11.5 Å². The molecule has 0 radical (unpaired) electrons. The molecule has 0 aromatic heterocycles. The van der Waals surface area contributed by atoms with Crippen molar-refractivity contribution in [3.05, 3.63) is 54.1 Å². The number of carbonyl (C=O) groups is 1. The van der Waals surface area contributed by atoms with E-state index >= 15 is 0 Å². The second-order valence-corrected chi connectivity index (χ2v) is 9.53. The molecule has 1 aliphatic rings. The predicted molar refractivity (Wildman–Crippen MR) is 120 cm³/mol. The van der Waals surface area contributed by atoms with Gasteiger partial charge in [0.2, 0.25) is 15.9 Å². The smallest absolute Gasteiger partial charge is 0.243 e. The first-order valence-electron chi connectivity index (χ1n) is 10.5. The average Bonchev–Trinajstić information content (AvgIpc) is 3.28. The Morgan fingerprint density at radius 2 is 1.81 bits per heavy atom. The monoisotopic (exact) mass is 462 g/mol. The van der Waals surface area contributed by atoms with E-state index in [1.807, 2.05) is 6.07 Å². The van der Waals surface area contributed by atoms with Crippen molar-refractivity contribution in [2.75, 3.05) is 47.6 Å². The van der Waals surface area contributed by atoms with Crippen LogP contribution in [-0.2, 0) is 19.6 Å². The second kappa shape index (κ2) is 10.8. The van der Waals surface area contributed by atoms with Crippen molar-refractivity contribution in [2.24, 2.45) is 5.92 Å². The Hall–Kier alpha value is -2.62. The van der Waals surface area contributed by atoms with Crippen LogP contribution in [0.25, 0.3) is 0 Å². The van der Waals surface area contributed by atoms with Crippen LogP contribution in [0.4, 0.5) is 0 Å². The van der Waals surface area contributed by atoms with E-state index in [-0.39, 0.29) is 29.8 Å². The van der Waals surface area contributed by atoms with Crippen molar-refractivity contribution < 1.29 is 27.4 Å². The van der Waals surface area contributed by atoms with Gasteiger partial charge in [0.15, 0.2) is 0 Å². The largest absolute Gasteiger partial charge is 0.497 e. The Morgan fingerprint density at radius 1 is 1.06 bits per heavy atom. The lowest BCUT2D eigenvalue weighted by Crippen LogP contribution is -2.36. The molecule has 174 valence electrons. The first-order chi connectivity index (χ1) is 15.4. The Balaban J connectivity index is 1.92. The van der Waals surface area contributed by atoms with Crippen LogP contribution < -0.4 is 14.8 Å². The molecular formula is C23H30N2O6S. The highest BCUT2D eigenvalue weighted by molar-refractivity contribution is 7.89. The molecule has 0 spiro atoms. The fourth-order valence-electron chi connectivity index (χ4n) is 3.97. The number of nitrogens with zero attached hydrogens (tertiary/aromatic N) is 1. The molecule has 3 rings (SSSR count). The Kier molecular flexibility index (Phi) is 8.11. The van der Waals surface area contributed by atoms with Crippen LogP contribution >= 0.6 is 0 Å². The summed E-state index contributed by atoms with van der Waals surface area (Å²) < 4.78 is 43.8. The van der Waals surface area contributed by atoms with Crippen LogP contribution in [0.5, 0.6) is 11.5 Å². The number of benzene rings is 2. The van der Waals surface area contributed by atoms with E-state index in [9.17, 15) is 13.2 Å². The van der Waals surface area contributed by atoms with E-state index in [0.717, 1.165) is 5.56 Å². The molecule has 32 heavy (non-hydrogen) atoms. The quantitative estimate of drug-likeness (QED) is 0.545. The van der Waals surface area contributed by atoms with Crippen molar-refractivity contribution in [3.8, 4) is 11.5 Å². The van der Waals surface area contributed by atoms with Gasteiger partial charge in [-0.05, 0) is 30.2 Å². The normalized spacial score (nSPS) is 19.0. The van der Waals surface area contributed by atoms with Gasteiger partial charge < -0.3 is 19.5 Å². The number of hydrogen-bond donors (Lipinski definition) is 1. The summed E-state index contributed by atoms with van der Waals surface area (Å²) in [5.41, 5.74) is 0.774. The van der Waals surface area contributed by atoms with Crippen molar-refractivity contribution in [2.45, 2.75) is 17.2 Å². The molecule has 0 saturated carbocycles. The van der Waals surface area contributed by atoms with Crippen molar-refractivity contribution in [3.63, 3.8) is 0 Å². The molecule has 1 amide bonds. The van der Waals surface area contributed by atoms with E-state index in [1.54, 1.807) is 63.8 Å². The second-order valence-electron chi connectivity index (χ2n) is 7.59. The molecule has 2 atom stereocenters. The molecule has 2 aromatic rings. The lowest BCUT2D eigenvalue weighted by atomic mass is 9.87. The summed E-state index contributed by atoms with van der Waals surface area (Å²) in [7, 11) is 0.980. The third-order valence-electron chi connectivity index (χ3n) is 5.67. The molecule has 2 aromatic carbocycles. The number of amides is 1. The number of nitrogens with one attached hydrogen (secondary N) is 1. The molecular weight excluding hydrogens is 432 g/mol. The van der Waals surface area contributed by atoms with E-state index in [2.05, 4.69) is 5.32 Å². The van der Waals surface area contributed by atoms with Crippen molar-refractivity contribution >= 4 is 15.9 Å². The molecule has 1 heterocycles. The van der Waals surface area contributed by atoms with Crippen LogP contribution in [0.1, 0.15) is 17.9 Å². The topological polar surface area (TPSA) is 94.2 Å². The summed E-state index contributed by atoms with van der Waals surface area (Å²) in [4.78, 5) is 13.3. The maximum Gasteiger partial charge on any atom is 0.243 e. The maximum absolute atomic E-state index is 13.3. The molecule has 1 fully saturated rings. The first-order valence-corrected chi connectivity index (χ1v) is 11.9. The minimum Gasteiger partial charge on any atom is -0.497 e. The Morgan fingerprint density at radius 3 is 2.47 bits per heavy atom. The zero-order valence-corrected chi connectivity index (χ0v) is 19.4. The molecule has 0 aliphatic carbocycles. The summed E-state index contributed by atoms with van der Waals surface area (Å²) in [6.07, 6.45) is 0.678. The molecule has 1 aliphatic heterocycles. The van der Waals surface area contributed by atoms with Crippen LogP contribution in [0.2, 0.25) is 0 Å². The standard InChI is InChI=1S/C23H30N2O6S/c1-29-13-7-12-24-23(26)21-16-25(32(27,28)18-8-5-4-6-9-18)15-20(21)19-11-10-17(30-2)14-22(19)31-3/h4-6,8-11,14,20-21H,7,12-13,15-16H2,1-3H3,(H,24,26)/t20-,21-/m0/s1. The highest BCUT2D eigenvalue weighted by Gasteiger charge is 2.44. The summed E-state index contributed by atoms with van der Waals surface area (Å²) in [5.74, 6) is 0.0771. The van der Waals surface area contributed by atoms with Crippen LogP contribution in [-0.4, -0.2) is 66.2 Å². The van der Waals surface area contributed by atoms with Gasteiger partial charge >= 0.3 is 0 Å². The van der Waals surface area contributed by atoms with Gasteiger partial charge in [0, 0.05) is 45.3 Å². The Labute approximate surface area is 189 Å². The van der Waals surface area contributed by atoms with Crippen LogP contribution in [0.3, 0.4) is 0 Å². The van der Waals surface area contributed by atoms with Gasteiger partial charge in [-0.3, -0.25) is 4.79 Å². The molecule has 1 saturated heterocycles. The summed E-state index contributed by atoms with van der Waals surface area (Å²) >= 11 is 0. The third kappa shape index (κ3) is 5.23. The zero-order chi connectivity index (χ0) is 23.1. The molecule has 9 heteroatoms. The summed E-state index contributed by atoms with van der Waals surface area (Å²) in [5, 5.41) is 2.93. The highest BCUT2D eigenvalue weighted by atomic mass is 32.2. The number of rotatable bonds is 10. The minimum absolute atomic E-state index is 0.0905. The van der Waals surface area contributed by atoms with Gasteiger partial charge in [-0.1, -0.05) is 24.3 Å². The zero-order valence-electron chi connectivity index (χ0n) is 18.6. The Bertz CT molecular complexity index is 1010. The summed E-state index contributed by atoms with van der Waals surface area (Å²) in [6, 6.07) is 13.7. The summed E-state index contributed by atoms with van der Waals surface area (Å²) in [6.45, 7) is 1.26. The first kappa shape index (κ1) is 24.0. The SMILES string of the molecule is COCCCNC(=O)[C@H]1CN(S(=O)(=O)c2ccccc2)C[C@H]1c1ccc(OC)cc1OC. The van der Waals surface area contributed by atoms with E-state index < -0.39 is 15.9 Å². The number of carbonyl (C=O) groups excluding carboxylic acids is 1.